The molecule has 9 nitrogen and oxygen atoms in total. The number of alkyl halides is 3. The second kappa shape index (κ2) is 9.55. The summed E-state index contributed by atoms with van der Waals surface area (Å²) < 4.78 is 42.7. The van der Waals surface area contributed by atoms with E-state index < -0.39 is 12.1 Å². The molecule has 1 spiro atoms. The number of carboxylic acid groups (broad SMARTS) is 1. The lowest BCUT2D eigenvalue weighted by Gasteiger charge is -2.31. The number of hydrogen-bond acceptors (Lipinski definition) is 7. The maximum absolute atomic E-state index is 12.9. The Labute approximate surface area is 181 Å². The van der Waals surface area contributed by atoms with Crippen molar-refractivity contribution in [3.63, 3.8) is 0 Å². The molecule has 0 saturated carbocycles. The zero-order chi connectivity index (χ0) is 23.4. The second-order valence-corrected chi connectivity index (χ2v) is 7.74. The molecule has 32 heavy (non-hydrogen) atoms. The summed E-state index contributed by atoms with van der Waals surface area (Å²) in [7, 11) is 0. The standard InChI is InChI=1S/C18H22N4O3.C2HF3O2/c1-14-15(10-20-25-14)17(23)22-8-9-24-13-18(12-22)5-7-21(11-18)16-4-2-3-6-19-16;3-2(4,5)1(6)7/h2-4,6,10H,5,7-9,11-13H2,1H3;(H,6,7). The molecule has 1 atom stereocenters. The van der Waals surface area contributed by atoms with Gasteiger partial charge in [0.15, 0.2) is 0 Å². The van der Waals surface area contributed by atoms with Gasteiger partial charge in [0, 0.05) is 37.8 Å². The van der Waals surface area contributed by atoms with E-state index in [1.807, 2.05) is 29.3 Å². The van der Waals surface area contributed by atoms with Crippen LogP contribution in [0.3, 0.4) is 0 Å². The van der Waals surface area contributed by atoms with Crippen molar-refractivity contribution in [1.29, 1.82) is 0 Å². The minimum absolute atomic E-state index is 0.0279. The van der Waals surface area contributed by atoms with Gasteiger partial charge in [0.1, 0.15) is 17.1 Å². The number of aryl methyl sites for hydroxylation is 1. The third-order valence-electron chi connectivity index (χ3n) is 5.36. The molecule has 2 aromatic rings. The van der Waals surface area contributed by atoms with Crippen LogP contribution in [0.1, 0.15) is 22.5 Å². The number of nitrogens with zero attached hydrogens (tertiary/aromatic N) is 4. The minimum Gasteiger partial charge on any atom is -0.475 e. The van der Waals surface area contributed by atoms with Gasteiger partial charge in [-0.1, -0.05) is 11.2 Å². The van der Waals surface area contributed by atoms with Gasteiger partial charge in [-0.05, 0) is 25.5 Å². The molecule has 1 amide bonds. The number of aliphatic carboxylic acids is 1. The first kappa shape index (κ1) is 23.5. The Bertz CT molecular complexity index is 937. The highest BCUT2D eigenvalue weighted by molar-refractivity contribution is 5.94. The van der Waals surface area contributed by atoms with Crippen LogP contribution in [0.4, 0.5) is 19.0 Å². The summed E-state index contributed by atoms with van der Waals surface area (Å²) in [4.78, 5) is 30.4. The molecular formula is C20H23F3N4O5. The van der Waals surface area contributed by atoms with Gasteiger partial charge in [0.05, 0.1) is 19.4 Å². The number of hydrogen-bond donors (Lipinski definition) is 1. The fraction of sp³-hybridized carbons (Fsp3) is 0.500. The van der Waals surface area contributed by atoms with Crippen LogP contribution in [-0.2, 0) is 9.53 Å². The average molecular weight is 456 g/mol. The summed E-state index contributed by atoms with van der Waals surface area (Å²) in [5, 5.41) is 10.9. The average Bonchev–Trinajstić information content (AvgIpc) is 3.30. The van der Waals surface area contributed by atoms with Gasteiger partial charge in [0.25, 0.3) is 5.91 Å². The maximum Gasteiger partial charge on any atom is 0.490 e. The Kier molecular flexibility index (Phi) is 7.02. The largest absolute Gasteiger partial charge is 0.490 e. The number of halogens is 3. The maximum atomic E-state index is 12.9. The lowest BCUT2D eigenvalue weighted by atomic mass is 9.87. The number of aromatic nitrogens is 2. The molecule has 4 rings (SSSR count). The predicted octanol–water partition coefficient (Wildman–Crippen LogP) is 2.38. The summed E-state index contributed by atoms with van der Waals surface area (Å²) in [5.74, 6) is -1.24. The third-order valence-corrected chi connectivity index (χ3v) is 5.36. The summed E-state index contributed by atoms with van der Waals surface area (Å²) >= 11 is 0. The summed E-state index contributed by atoms with van der Waals surface area (Å²) in [6.45, 7) is 6.03. The number of ether oxygens (including phenoxy) is 1. The van der Waals surface area contributed by atoms with Crippen LogP contribution in [-0.4, -0.2) is 77.6 Å². The molecule has 0 bridgehead atoms. The van der Waals surface area contributed by atoms with Gasteiger partial charge >= 0.3 is 12.1 Å². The van der Waals surface area contributed by atoms with Gasteiger partial charge < -0.3 is 24.2 Å². The van der Waals surface area contributed by atoms with Crippen molar-refractivity contribution in [1.82, 2.24) is 15.0 Å². The third kappa shape index (κ3) is 5.55. The molecule has 1 unspecified atom stereocenters. The number of rotatable bonds is 2. The highest BCUT2D eigenvalue weighted by Gasteiger charge is 2.43. The molecule has 0 aliphatic carbocycles. The first-order chi connectivity index (χ1) is 15.1. The zero-order valence-corrected chi connectivity index (χ0v) is 17.3. The van der Waals surface area contributed by atoms with Crippen LogP contribution in [0.2, 0.25) is 0 Å². The van der Waals surface area contributed by atoms with E-state index in [4.69, 9.17) is 19.2 Å². The van der Waals surface area contributed by atoms with Crippen molar-refractivity contribution in [2.24, 2.45) is 5.41 Å². The van der Waals surface area contributed by atoms with Crippen molar-refractivity contribution >= 4 is 17.7 Å². The van der Waals surface area contributed by atoms with Crippen LogP contribution in [0, 0.1) is 12.3 Å². The van der Waals surface area contributed by atoms with E-state index in [1.165, 1.54) is 6.20 Å². The highest BCUT2D eigenvalue weighted by atomic mass is 19.4. The summed E-state index contributed by atoms with van der Waals surface area (Å²) in [6, 6.07) is 5.95. The van der Waals surface area contributed by atoms with Gasteiger partial charge in [-0.15, -0.1) is 0 Å². The zero-order valence-electron chi connectivity index (χ0n) is 17.3. The molecule has 2 aliphatic rings. The van der Waals surface area contributed by atoms with Crippen LogP contribution in [0.15, 0.2) is 35.1 Å². The van der Waals surface area contributed by atoms with Crippen molar-refractivity contribution in [2.75, 3.05) is 44.3 Å². The topological polar surface area (TPSA) is 109 Å². The normalized spacial score (nSPS) is 21.1. The van der Waals surface area contributed by atoms with Gasteiger partial charge in [-0.2, -0.15) is 13.2 Å². The Morgan fingerprint density at radius 3 is 2.56 bits per heavy atom. The van der Waals surface area contributed by atoms with Crippen molar-refractivity contribution < 1.29 is 37.1 Å². The molecule has 174 valence electrons. The van der Waals surface area contributed by atoms with E-state index in [0.717, 1.165) is 25.3 Å². The number of carbonyl (C=O) groups is 2. The lowest BCUT2D eigenvalue weighted by molar-refractivity contribution is -0.192. The molecule has 1 N–H and O–H groups in total. The predicted molar refractivity (Wildman–Crippen MR) is 105 cm³/mol. The number of anilines is 1. The molecule has 4 heterocycles. The monoisotopic (exact) mass is 456 g/mol. The first-order valence-electron chi connectivity index (χ1n) is 9.86. The molecule has 2 fully saturated rings. The van der Waals surface area contributed by atoms with E-state index >= 15 is 0 Å². The Hall–Kier alpha value is -3.15. The molecule has 12 heteroatoms. The Morgan fingerprint density at radius 2 is 1.97 bits per heavy atom. The molecule has 2 aliphatic heterocycles. The fourth-order valence-corrected chi connectivity index (χ4v) is 3.76. The van der Waals surface area contributed by atoms with Gasteiger partial charge in [-0.3, -0.25) is 4.79 Å². The van der Waals surface area contributed by atoms with Crippen molar-refractivity contribution in [3.05, 3.63) is 41.9 Å². The van der Waals surface area contributed by atoms with Crippen LogP contribution in [0.5, 0.6) is 0 Å². The summed E-state index contributed by atoms with van der Waals surface area (Å²) in [6.07, 6.45) is -0.782. The Balaban J connectivity index is 0.000000360. The SMILES string of the molecule is Cc1oncc1C(=O)N1CCOCC2(CCN(c3ccccn3)C2)C1.O=C(O)C(F)(F)F. The molecule has 2 aromatic heterocycles. The Morgan fingerprint density at radius 1 is 1.22 bits per heavy atom. The van der Waals surface area contributed by atoms with Gasteiger partial charge in [0.2, 0.25) is 0 Å². The lowest BCUT2D eigenvalue weighted by Crippen LogP contribution is -2.43. The van der Waals surface area contributed by atoms with Crippen LogP contribution in [0.25, 0.3) is 0 Å². The van der Waals surface area contributed by atoms with Gasteiger partial charge in [-0.25, -0.2) is 9.78 Å². The van der Waals surface area contributed by atoms with Crippen LogP contribution < -0.4 is 4.90 Å². The number of carbonyl (C=O) groups excluding carboxylic acids is 1. The van der Waals surface area contributed by atoms with E-state index in [9.17, 15) is 18.0 Å². The van der Waals surface area contributed by atoms with Crippen molar-refractivity contribution in [2.45, 2.75) is 19.5 Å². The smallest absolute Gasteiger partial charge is 0.475 e. The van der Waals surface area contributed by atoms with E-state index in [1.54, 1.807) is 6.92 Å². The number of amides is 1. The second-order valence-electron chi connectivity index (χ2n) is 7.74. The minimum atomic E-state index is -5.08. The molecule has 0 radical (unpaired) electrons. The molecular weight excluding hydrogens is 433 g/mol. The van der Waals surface area contributed by atoms with Crippen LogP contribution >= 0.6 is 0 Å². The molecule has 2 saturated heterocycles. The fourth-order valence-electron chi connectivity index (χ4n) is 3.76. The van der Waals surface area contributed by atoms with E-state index in [0.29, 0.717) is 37.6 Å². The molecule has 0 aromatic carbocycles. The van der Waals surface area contributed by atoms with Crippen molar-refractivity contribution in [3.8, 4) is 0 Å². The quantitative estimate of drug-likeness (QED) is 0.734. The first-order valence-corrected chi connectivity index (χ1v) is 9.86. The number of pyridine rings is 1. The summed E-state index contributed by atoms with van der Waals surface area (Å²) in [5.41, 5.74) is 0.478. The highest BCUT2D eigenvalue weighted by Crippen LogP contribution is 2.35. The van der Waals surface area contributed by atoms with E-state index in [2.05, 4.69) is 15.0 Å². The van der Waals surface area contributed by atoms with E-state index in [-0.39, 0.29) is 11.3 Å². The number of carboxylic acids is 1.